The molecule has 122 valence electrons. The molecule has 2 rings (SSSR count). The largest absolute Gasteiger partial charge is 0.468 e. The first kappa shape index (κ1) is 16.6. The zero-order chi connectivity index (χ0) is 17.2. The Labute approximate surface area is 131 Å². The van der Waals surface area contributed by atoms with Gasteiger partial charge in [-0.2, -0.15) is 0 Å². The molecular formula is C13H13N3O6S. The van der Waals surface area contributed by atoms with Gasteiger partial charge in [-0.3, -0.25) is 18.8 Å². The summed E-state index contributed by atoms with van der Waals surface area (Å²) in [6.07, 6.45) is 2.37. The summed E-state index contributed by atoms with van der Waals surface area (Å²) in [5.74, 6) is -2.20. The van der Waals surface area contributed by atoms with E-state index in [1.165, 1.54) is 6.20 Å². The monoisotopic (exact) mass is 339 g/mol. The lowest BCUT2D eigenvalue weighted by Crippen LogP contribution is -2.43. The van der Waals surface area contributed by atoms with E-state index in [1.807, 2.05) is 0 Å². The van der Waals surface area contributed by atoms with Gasteiger partial charge in [0.15, 0.2) is 5.25 Å². The van der Waals surface area contributed by atoms with Crippen molar-refractivity contribution >= 4 is 27.5 Å². The van der Waals surface area contributed by atoms with Crippen LogP contribution in [-0.4, -0.2) is 42.0 Å². The van der Waals surface area contributed by atoms with Crippen molar-refractivity contribution in [1.82, 2.24) is 14.1 Å². The Hall–Kier alpha value is -2.75. The average Bonchev–Trinajstić information content (AvgIpc) is 2.53. The molecule has 0 fully saturated rings. The van der Waals surface area contributed by atoms with Crippen LogP contribution in [0.1, 0.15) is 17.3 Å². The van der Waals surface area contributed by atoms with E-state index in [0.29, 0.717) is 5.65 Å². The molecule has 0 bridgehead atoms. The second-order valence-corrected chi connectivity index (χ2v) is 6.55. The van der Waals surface area contributed by atoms with Crippen LogP contribution in [0.3, 0.4) is 0 Å². The molecule has 0 saturated carbocycles. The number of carbonyl (C=O) groups is 2. The lowest BCUT2D eigenvalue weighted by Gasteiger charge is -2.11. The van der Waals surface area contributed by atoms with Crippen LogP contribution in [0.15, 0.2) is 35.4 Å². The maximum atomic E-state index is 12.2. The van der Waals surface area contributed by atoms with Gasteiger partial charge in [0.2, 0.25) is 10.0 Å². The van der Waals surface area contributed by atoms with Gasteiger partial charge in [0, 0.05) is 12.4 Å². The molecule has 10 heteroatoms. The molecular weight excluding hydrogens is 326 g/mol. The third kappa shape index (κ3) is 3.21. The maximum Gasteiger partial charge on any atom is 0.325 e. The molecule has 1 unspecified atom stereocenters. The fourth-order valence-electron chi connectivity index (χ4n) is 1.75. The number of carbonyl (C=O) groups excluding carboxylic acids is 2. The maximum absolute atomic E-state index is 12.2. The molecule has 23 heavy (non-hydrogen) atoms. The number of fused-ring (bicyclic) bond motifs is 1. The lowest BCUT2D eigenvalue weighted by atomic mass is 10.3. The summed E-state index contributed by atoms with van der Waals surface area (Å²) in [6, 6.07) is 4.77. The number of rotatable bonds is 4. The van der Waals surface area contributed by atoms with Crippen LogP contribution in [0.25, 0.3) is 5.65 Å². The first-order valence-corrected chi connectivity index (χ1v) is 7.92. The second kappa shape index (κ2) is 6.16. The lowest BCUT2D eigenvalue weighted by molar-refractivity contribution is -0.139. The molecule has 0 aromatic carbocycles. The Morgan fingerprint density at radius 2 is 2.04 bits per heavy atom. The molecule has 0 aliphatic rings. The van der Waals surface area contributed by atoms with Crippen molar-refractivity contribution in [3.8, 4) is 0 Å². The number of hydrogen-bond donors (Lipinski definition) is 1. The normalized spacial score (nSPS) is 12.6. The number of nitrogens with one attached hydrogen (secondary N) is 1. The molecule has 1 N–H and O–H groups in total. The zero-order valence-corrected chi connectivity index (χ0v) is 13.0. The number of hydrogen-bond acceptors (Lipinski definition) is 7. The third-order valence-corrected chi connectivity index (χ3v) is 4.68. The van der Waals surface area contributed by atoms with E-state index in [9.17, 15) is 22.8 Å². The van der Waals surface area contributed by atoms with E-state index in [1.54, 1.807) is 22.9 Å². The Morgan fingerprint density at radius 3 is 2.70 bits per heavy atom. The van der Waals surface area contributed by atoms with E-state index >= 15 is 0 Å². The van der Waals surface area contributed by atoms with Crippen molar-refractivity contribution in [2.45, 2.75) is 12.2 Å². The summed E-state index contributed by atoms with van der Waals surface area (Å²) in [5.41, 5.74) is -0.886. The molecule has 0 spiro atoms. The molecule has 2 aromatic heterocycles. The zero-order valence-electron chi connectivity index (χ0n) is 12.2. The third-order valence-electron chi connectivity index (χ3n) is 3.09. The quantitative estimate of drug-likeness (QED) is 0.732. The number of methoxy groups -OCH3 is 1. The average molecular weight is 339 g/mol. The summed E-state index contributed by atoms with van der Waals surface area (Å²) < 4.78 is 30.9. The van der Waals surface area contributed by atoms with Crippen molar-refractivity contribution < 1.29 is 22.7 Å². The minimum atomic E-state index is -4.34. The van der Waals surface area contributed by atoms with E-state index in [2.05, 4.69) is 9.72 Å². The topological polar surface area (TPSA) is 124 Å². The van der Waals surface area contributed by atoms with E-state index in [0.717, 1.165) is 24.6 Å². The fraction of sp³-hybridized carbons (Fsp3) is 0.231. The number of esters is 1. The highest BCUT2D eigenvalue weighted by Gasteiger charge is 2.31. The second-order valence-electron chi connectivity index (χ2n) is 4.55. The predicted molar refractivity (Wildman–Crippen MR) is 79.3 cm³/mol. The van der Waals surface area contributed by atoms with Gasteiger partial charge in [-0.15, -0.1) is 0 Å². The fourth-order valence-corrected chi connectivity index (χ4v) is 2.64. The number of aromatic nitrogens is 2. The number of ether oxygens (including phenoxy) is 1. The van der Waals surface area contributed by atoms with Gasteiger partial charge in [-0.1, -0.05) is 6.07 Å². The molecule has 1 atom stereocenters. The van der Waals surface area contributed by atoms with Crippen LogP contribution in [0.4, 0.5) is 0 Å². The van der Waals surface area contributed by atoms with Gasteiger partial charge in [0.05, 0.1) is 7.11 Å². The van der Waals surface area contributed by atoms with Gasteiger partial charge in [-0.05, 0) is 19.1 Å². The van der Waals surface area contributed by atoms with Crippen molar-refractivity contribution in [1.29, 1.82) is 0 Å². The van der Waals surface area contributed by atoms with Crippen LogP contribution < -0.4 is 10.3 Å². The Morgan fingerprint density at radius 1 is 1.35 bits per heavy atom. The molecule has 0 radical (unpaired) electrons. The molecule has 2 heterocycles. The first-order valence-electron chi connectivity index (χ1n) is 6.38. The summed E-state index contributed by atoms with van der Waals surface area (Å²) in [5, 5.41) is -1.60. The molecule has 0 aliphatic heterocycles. The van der Waals surface area contributed by atoms with Gasteiger partial charge in [0.25, 0.3) is 11.5 Å². The van der Waals surface area contributed by atoms with Crippen LogP contribution in [0.5, 0.6) is 0 Å². The molecule has 2 aromatic rings. The molecule has 1 amide bonds. The Balaban J connectivity index is 2.37. The van der Waals surface area contributed by atoms with Crippen molar-refractivity contribution in [2.75, 3.05) is 7.11 Å². The smallest absolute Gasteiger partial charge is 0.325 e. The number of amides is 1. The summed E-state index contributed by atoms with van der Waals surface area (Å²) >= 11 is 0. The van der Waals surface area contributed by atoms with Crippen molar-refractivity contribution in [2.24, 2.45) is 0 Å². The molecule has 0 saturated heterocycles. The number of sulfonamides is 1. The summed E-state index contributed by atoms with van der Waals surface area (Å²) in [7, 11) is -3.32. The van der Waals surface area contributed by atoms with Gasteiger partial charge < -0.3 is 4.74 Å². The van der Waals surface area contributed by atoms with E-state index < -0.39 is 38.3 Å². The molecule has 9 nitrogen and oxygen atoms in total. The van der Waals surface area contributed by atoms with Crippen molar-refractivity contribution in [3.63, 3.8) is 0 Å². The predicted octanol–water partition coefficient (Wildman–Crippen LogP) is -0.684. The van der Waals surface area contributed by atoms with Gasteiger partial charge in [0.1, 0.15) is 11.2 Å². The minimum absolute atomic E-state index is 0.305. The van der Waals surface area contributed by atoms with E-state index in [-0.39, 0.29) is 0 Å². The number of pyridine rings is 1. The van der Waals surface area contributed by atoms with Crippen LogP contribution in [-0.2, 0) is 19.6 Å². The Kier molecular flexibility index (Phi) is 4.45. The van der Waals surface area contributed by atoms with Crippen LogP contribution >= 0.6 is 0 Å². The van der Waals surface area contributed by atoms with Gasteiger partial charge >= 0.3 is 5.97 Å². The molecule has 0 aliphatic carbocycles. The summed E-state index contributed by atoms with van der Waals surface area (Å²) in [4.78, 5) is 39.4. The highest BCUT2D eigenvalue weighted by atomic mass is 32.2. The summed E-state index contributed by atoms with van der Waals surface area (Å²) in [6.45, 7) is 1.06. The van der Waals surface area contributed by atoms with Crippen LogP contribution in [0.2, 0.25) is 0 Å². The van der Waals surface area contributed by atoms with Gasteiger partial charge in [-0.25, -0.2) is 18.1 Å². The highest BCUT2D eigenvalue weighted by molar-refractivity contribution is 7.91. The minimum Gasteiger partial charge on any atom is -0.468 e. The van der Waals surface area contributed by atoms with Crippen LogP contribution in [0, 0.1) is 0 Å². The standard InChI is InChI=1S/C13H13N3O6S/c1-8(13(19)22-2)23(20,21)15-11(17)9-7-14-10-5-3-4-6-16(10)12(9)18/h3-8H,1-2H3,(H,15,17). The highest BCUT2D eigenvalue weighted by Crippen LogP contribution is 2.03. The SMILES string of the molecule is COC(=O)C(C)S(=O)(=O)NC(=O)c1cnc2ccccn2c1=O. The van der Waals surface area contributed by atoms with Crippen molar-refractivity contribution in [3.05, 3.63) is 46.5 Å². The Bertz CT molecular complexity index is 934. The number of nitrogens with zero attached hydrogens (tertiary/aromatic N) is 2. The van der Waals surface area contributed by atoms with E-state index in [4.69, 9.17) is 0 Å². The first-order chi connectivity index (χ1) is 10.8.